The standard InChI is InChI=1S/C23H30N2O2/c1-3-18(2)22(20-9-5-4-6-10-20)23(26)24-21-11-7-8-19(16-21)17-25-12-14-27-15-13-25/h4-11,16,18,22H,3,12-15,17H2,1-2H3,(H,24,26). The van der Waals surface area contributed by atoms with Gasteiger partial charge < -0.3 is 10.1 Å². The van der Waals surface area contributed by atoms with Gasteiger partial charge in [0.05, 0.1) is 19.1 Å². The molecule has 1 aliphatic rings. The molecule has 1 aliphatic heterocycles. The van der Waals surface area contributed by atoms with E-state index in [0.29, 0.717) is 0 Å². The van der Waals surface area contributed by atoms with Crippen molar-refractivity contribution in [2.24, 2.45) is 5.92 Å². The van der Waals surface area contributed by atoms with Crippen molar-refractivity contribution in [3.63, 3.8) is 0 Å². The summed E-state index contributed by atoms with van der Waals surface area (Å²) < 4.78 is 5.42. The molecule has 1 heterocycles. The first-order chi connectivity index (χ1) is 13.2. The van der Waals surface area contributed by atoms with Crippen molar-refractivity contribution in [2.75, 3.05) is 31.6 Å². The highest BCUT2D eigenvalue weighted by Crippen LogP contribution is 2.28. The summed E-state index contributed by atoms with van der Waals surface area (Å²) in [6.45, 7) is 8.68. The predicted octanol–water partition coefficient (Wildman–Crippen LogP) is 4.29. The minimum atomic E-state index is -0.140. The zero-order chi connectivity index (χ0) is 19.1. The number of benzene rings is 2. The molecule has 0 spiro atoms. The average Bonchev–Trinajstić information content (AvgIpc) is 2.70. The minimum Gasteiger partial charge on any atom is -0.379 e. The second-order valence-electron chi connectivity index (χ2n) is 7.35. The maximum absolute atomic E-state index is 13.1. The van der Waals surface area contributed by atoms with E-state index in [0.717, 1.165) is 50.5 Å². The summed E-state index contributed by atoms with van der Waals surface area (Å²) in [7, 11) is 0. The molecule has 144 valence electrons. The lowest BCUT2D eigenvalue weighted by Gasteiger charge is -2.27. The summed E-state index contributed by atoms with van der Waals surface area (Å²) in [4.78, 5) is 15.5. The number of carbonyl (C=O) groups is 1. The lowest BCUT2D eigenvalue weighted by Crippen LogP contribution is -2.35. The first-order valence-corrected chi connectivity index (χ1v) is 9.92. The number of ether oxygens (including phenoxy) is 1. The number of nitrogens with zero attached hydrogens (tertiary/aromatic N) is 1. The summed E-state index contributed by atoms with van der Waals surface area (Å²) in [5.41, 5.74) is 3.17. The van der Waals surface area contributed by atoms with Crippen LogP contribution < -0.4 is 5.32 Å². The normalized spacial score (nSPS) is 17.3. The smallest absolute Gasteiger partial charge is 0.232 e. The van der Waals surface area contributed by atoms with E-state index in [9.17, 15) is 4.79 Å². The highest BCUT2D eigenvalue weighted by molar-refractivity contribution is 5.96. The Labute approximate surface area is 162 Å². The molecular formula is C23H30N2O2. The summed E-state index contributed by atoms with van der Waals surface area (Å²) >= 11 is 0. The maximum Gasteiger partial charge on any atom is 0.232 e. The van der Waals surface area contributed by atoms with Gasteiger partial charge in [-0.15, -0.1) is 0 Å². The molecule has 1 amide bonds. The fourth-order valence-electron chi connectivity index (χ4n) is 3.62. The van der Waals surface area contributed by atoms with Crippen LogP contribution in [0.5, 0.6) is 0 Å². The highest BCUT2D eigenvalue weighted by Gasteiger charge is 2.25. The molecule has 27 heavy (non-hydrogen) atoms. The molecule has 4 nitrogen and oxygen atoms in total. The number of rotatable bonds is 7. The van der Waals surface area contributed by atoms with Gasteiger partial charge in [-0.25, -0.2) is 0 Å². The van der Waals surface area contributed by atoms with Gasteiger partial charge in [0, 0.05) is 25.3 Å². The van der Waals surface area contributed by atoms with E-state index in [4.69, 9.17) is 4.74 Å². The van der Waals surface area contributed by atoms with Crippen LogP contribution >= 0.6 is 0 Å². The zero-order valence-electron chi connectivity index (χ0n) is 16.4. The third-order valence-corrected chi connectivity index (χ3v) is 5.36. The zero-order valence-corrected chi connectivity index (χ0v) is 16.4. The Balaban J connectivity index is 1.70. The van der Waals surface area contributed by atoms with Crippen LogP contribution in [0.25, 0.3) is 0 Å². The molecule has 4 heteroatoms. The third kappa shape index (κ3) is 5.41. The highest BCUT2D eigenvalue weighted by atomic mass is 16.5. The molecule has 2 unspecified atom stereocenters. The molecule has 2 aromatic rings. The Hall–Kier alpha value is -2.17. The lowest BCUT2D eigenvalue weighted by atomic mass is 9.85. The van der Waals surface area contributed by atoms with Gasteiger partial charge in [-0.05, 0) is 29.2 Å². The van der Waals surface area contributed by atoms with Gasteiger partial charge in [0.25, 0.3) is 0 Å². The molecule has 1 fully saturated rings. The van der Waals surface area contributed by atoms with Gasteiger partial charge in [0.2, 0.25) is 5.91 Å². The summed E-state index contributed by atoms with van der Waals surface area (Å²) in [5, 5.41) is 3.15. The summed E-state index contributed by atoms with van der Waals surface area (Å²) in [5.74, 6) is 0.210. The first kappa shape index (κ1) is 19.6. The van der Waals surface area contributed by atoms with Crippen LogP contribution in [-0.2, 0) is 16.1 Å². The van der Waals surface area contributed by atoms with Crippen LogP contribution in [0.2, 0.25) is 0 Å². The van der Waals surface area contributed by atoms with Gasteiger partial charge >= 0.3 is 0 Å². The van der Waals surface area contributed by atoms with Crippen molar-refractivity contribution in [3.8, 4) is 0 Å². The predicted molar refractivity (Wildman–Crippen MR) is 110 cm³/mol. The van der Waals surface area contributed by atoms with Gasteiger partial charge in [-0.2, -0.15) is 0 Å². The first-order valence-electron chi connectivity index (χ1n) is 9.92. The lowest BCUT2D eigenvalue weighted by molar-refractivity contribution is -0.118. The Bertz CT molecular complexity index is 726. The number of anilines is 1. The molecule has 3 rings (SSSR count). The van der Waals surface area contributed by atoms with E-state index < -0.39 is 0 Å². The number of hydrogen-bond donors (Lipinski definition) is 1. The summed E-state index contributed by atoms with van der Waals surface area (Å²) in [6.07, 6.45) is 0.962. The molecule has 2 atom stereocenters. The molecule has 0 aliphatic carbocycles. The van der Waals surface area contributed by atoms with Gasteiger partial charge in [-0.3, -0.25) is 9.69 Å². The van der Waals surface area contributed by atoms with Crippen LogP contribution in [-0.4, -0.2) is 37.1 Å². The van der Waals surface area contributed by atoms with Crippen LogP contribution in [0.4, 0.5) is 5.69 Å². The number of hydrogen-bond acceptors (Lipinski definition) is 3. The van der Waals surface area contributed by atoms with Crippen LogP contribution in [0.1, 0.15) is 37.3 Å². The maximum atomic E-state index is 13.1. The fraction of sp³-hybridized carbons (Fsp3) is 0.435. The fourth-order valence-corrected chi connectivity index (χ4v) is 3.62. The van der Waals surface area contributed by atoms with E-state index in [1.807, 2.05) is 42.5 Å². The van der Waals surface area contributed by atoms with Crippen molar-refractivity contribution in [1.82, 2.24) is 4.90 Å². The molecule has 1 saturated heterocycles. The topological polar surface area (TPSA) is 41.6 Å². The van der Waals surface area contributed by atoms with Crippen molar-refractivity contribution in [2.45, 2.75) is 32.7 Å². The van der Waals surface area contributed by atoms with Crippen molar-refractivity contribution in [1.29, 1.82) is 0 Å². The van der Waals surface area contributed by atoms with Gasteiger partial charge in [0.15, 0.2) is 0 Å². The molecule has 0 saturated carbocycles. The van der Waals surface area contributed by atoms with E-state index in [1.54, 1.807) is 0 Å². The second kappa shape index (κ2) is 9.67. The van der Waals surface area contributed by atoms with Crippen molar-refractivity contribution in [3.05, 3.63) is 65.7 Å². The van der Waals surface area contributed by atoms with Crippen molar-refractivity contribution < 1.29 is 9.53 Å². The third-order valence-electron chi connectivity index (χ3n) is 5.36. The van der Waals surface area contributed by atoms with E-state index >= 15 is 0 Å². The molecule has 1 N–H and O–H groups in total. The Morgan fingerprint density at radius 2 is 1.85 bits per heavy atom. The van der Waals surface area contributed by atoms with E-state index in [2.05, 4.69) is 36.2 Å². The number of morpholine rings is 1. The monoisotopic (exact) mass is 366 g/mol. The van der Waals surface area contributed by atoms with E-state index in [-0.39, 0.29) is 17.7 Å². The second-order valence-corrected chi connectivity index (χ2v) is 7.35. The SMILES string of the molecule is CCC(C)C(C(=O)Nc1cccc(CN2CCOCC2)c1)c1ccccc1. The molecule has 2 aromatic carbocycles. The molecular weight excluding hydrogens is 336 g/mol. The largest absolute Gasteiger partial charge is 0.379 e. The number of carbonyl (C=O) groups excluding carboxylic acids is 1. The van der Waals surface area contributed by atoms with Crippen LogP contribution in [0.3, 0.4) is 0 Å². The van der Waals surface area contributed by atoms with Crippen molar-refractivity contribution >= 4 is 11.6 Å². The quantitative estimate of drug-likeness (QED) is 0.795. The van der Waals surface area contributed by atoms with E-state index in [1.165, 1.54) is 5.56 Å². The number of nitrogens with one attached hydrogen (secondary N) is 1. The van der Waals surface area contributed by atoms with Gasteiger partial charge in [-0.1, -0.05) is 62.7 Å². The van der Waals surface area contributed by atoms with Gasteiger partial charge in [0.1, 0.15) is 0 Å². The molecule has 0 bridgehead atoms. The molecule has 0 aromatic heterocycles. The minimum absolute atomic E-state index is 0.0686. The summed E-state index contributed by atoms with van der Waals surface area (Å²) in [6, 6.07) is 18.3. The number of amides is 1. The average molecular weight is 367 g/mol. The Kier molecular flexibility index (Phi) is 7.02. The Morgan fingerprint density at radius 3 is 2.56 bits per heavy atom. The molecule has 0 radical (unpaired) electrons. The Morgan fingerprint density at radius 1 is 1.11 bits per heavy atom. The van der Waals surface area contributed by atoms with Crippen LogP contribution in [0, 0.1) is 5.92 Å². The van der Waals surface area contributed by atoms with Crippen LogP contribution in [0.15, 0.2) is 54.6 Å².